The first kappa shape index (κ1) is 21.2. The maximum absolute atomic E-state index is 12.9. The minimum atomic E-state index is -5.04. The van der Waals surface area contributed by atoms with Gasteiger partial charge in [-0.1, -0.05) is 0 Å². The van der Waals surface area contributed by atoms with Crippen LogP contribution in [0.5, 0.6) is 0 Å². The SMILES string of the molecule is COC(=O)c1ccc2[nH]c(C(=O)Nc3cc(C(F)(F)F)cc(C(F)(F)F)c3)cc2c1. The Morgan fingerprint density at radius 2 is 1.50 bits per heavy atom. The second kappa shape index (κ2) is 7.39. The number of halogens is 6. The van der Waals surface area contributed by atoms with E-state index in [1.54, 1.807) is 0 Å². The quantitative estimate of drug-likeness (QED) is 0.441. The Bertz CT molecular complexity index is 1100. The topological polar surface area (TPSA) is 71.2 Å². The molecular formula is C19H12F6N2O3. The number of esters is 1. The number of carbonyl (C=O) groups excluding carboxylic acids is 2. The minimum Gasteiger partial charge on any atom is -0.465 e. The molecule has 0 aliphatic carbocycles. The van der Waals surface area contributed by atoms with Crippen molar-refractivity contribution in [3.05, 3.63) is 64.8 Å². The van der Waals surface area contributed by atoms with Crippen molar-refractivity contribution in [3.8, 4) is 0 Å². The van der Waals surface area contributed by atoms with E-state index in [4.69, 9.17) is 0 Å². The van der Waals surface area contributed by atoms with Gasteiger partial charge in [-0.15, -0.1) is 0 Å². The number of carbonyl (C=O) groups is 2. The van der Waals surface area contributed by atoms with Crippen LogP contribution in [-0.4, -0.2) is 24.0 Å². The molecule has 0 aliphatic heterocycles. The lowest BCUT2D eigenvalue weighted by molar-refractivity contribution is -0.143. The Morgan fingerprint density at radius 1 is 0.900 bits per heavy atom. The molecule has 1 heterocycles. The molecule has 3 aromatic rings. The molecule has 0 spiro atoms. The Hall–Kier alpha value is -3.50. The number of aromatic amines is 1. The zero-order valence-electron chi connectivity index (χ0n) is 15.0. The highest BCUT2D eigenvalue weighted by atomic mass is 19.4. The van der Waals surface area contributed by atoms with Crippen molar-refractivity contribution in [2.24, 2.45) is 0 Å². The number of hydrogen-bond donors (Lipinski definition) is 2. The molecule has 1 amide bonds. The summed E-state index contributed by atoms with van der Waals surface area (Å²) < 4.78 is 82.2. The zero-order chi connectivity index (χ0) is 22.3. The van der Waals surface area contributed by atoms with Crippen LogP contribution >= 0.6 is 0 Å². The van der Waals surface area contributed by atoms with Gasteiger partial charge in [0.05, 0.1) is 23.8 Å². The van der Waals surface area contributed by atoms with Crippen molar-refractivity contribution in [1.82, 2.24) is 4.98 Å². The number of alkyl halides is 6. The molecule has 1 aromatic heterocycles. The number of anilines is 1. The van der Waals surface area contributed by atoms with Gasteiger partial charge in [0.15, 0.2) is 0 Å². The number of benzene rings is 2. The third kappa shape index (κ3) is 4.39. The van der Waals surface area contributed by atoms with Crippen LogP contribution in [0.4, 0.5) is 32.0 Å². The number of rotatable bonds is 3. The first-order valence-corrected chi connectivity index (χ1v) is 8.20. The van der Waals surface area contributed by atoms with Crippen molar-refractivity contribution in [3.63, 3.8) is 0 Å². The van der Waals surface area contributed by atoms with Crippen LogP contribution in [0.1, 0.15) is 32.0 Å². The lowest BCUT2D eigenvalue weighted by Gasteiger charge is -2.14. The van der Waals surface area contributed by atoms with Crippen LogP contribution < -0.4 is 5.32 Å². The highest BCUT2D eigenvalue weighted by molar-refractivity contribution is 6.06. The summed E-state index contributed by atoms with van der Waals surface area (Å²) >= 11 is 0. The number of aromatic nitrogens is 1. The summed E-state index contributed by atoms with van der Waals surface area (Å²) in [6.07, 6.45) is -10.1. The molecule has 0 aliphatic rings. The van der Waals surface area contributed by atoms with Gasteiger partial charge in [0.2, 0.25) is 0 Å². The molecule has 0 bridgehead atoms. The Labute approximate surface area is 164 Å². The van der Waals surface area contributed by atoms with Crippen LogP contribution in [0, 0.1) is 0 Å². The van der Waals surface area contributed by atoms with E-state index in [2.05, 4.69) is 9.72 Å². The average molecular weight is 430 g/mol. The number of ether oxygens (including phenoxy) is 1. The molecule has 11 heteroatoms. The largest absolute Gasteiger partial charge is 0.465 e. The second-order valence-electron chi connectivity index (χ2n) is 6.23. The monoisotopic (exact) mass is 430 g/mol. The predicted molar refractivity (Wildman–Crippen MR) is 94.0 cm³/mol. The molecule has 30 heavy (non-hydrogen) atoms. The number of fused-ring (bicyclic) bond motifs is 1. The van der Waals surface area contributed by atoms with Gasteiger partial charge in [-0.2, -0.15) is 26.3 Å². The van der Waals surface area contributed by atoms with E-state index < -0.39 is 41.0 Å². The third-order valence-corrected chi connectivity index (χ3v) is 4.13. The highest BCUT2D eigenvalue weighted by Crippen LogP contribution is 2.37. The average Bonchev–Trinajstić information content (AvgIpc) is 3.09. The molecule has 3 rings (SSSR count). The van der Waals surface area contributed by atoms with Crippen molar-refractivity contribution >= 4 is 28.5 Å². The fourth-order valence-electron chi connectivity index (χ4n) is 2.73. The lowest BCUT2D eigenvalue weighted by Crippen LogP contribution is -2.16. The summed E-state index contributed by atoms with van der Waals surface area (Å²) in [7, 11) is 1.19. The summed E-state index contributed by atoms with van der Waals surface area (Å²) in [4.78, 5) is 26.6. The maximum Gasteiger partial charge on any atom is 0.416 e. The van der Waals surface area contributed by atoms with E-state index in [9.17, 15) is 35.9 Å². The standard InChI is InChI=1S/C19H12F6N2O3/c1-30-17(29)9-2-3-14-10(4-9)5-15(27-14)16(28)26-13-7-11(18(20,21)22)6-12(8-13)19(23,24)25/h2-8,27H,1H3,(H,26,28). The van der Waals surface area contributed by atoms with Gasteiger partial charge in [-0.25, -0.2) is 4.79 Å². The molecule has 0 unspecified atom stereocenters. The van der Waals surface area contributed by atoms with Crippen LogP contribution in [0.2, 0.25) is 0 Å². The van der Waals surface area contributed by atoms with Crippen molar-refractivity contribution in [2.45, 2.75) is 12.4 Å². The fourth-order valence-corrected chi connectivity index (χ4v) is 2.73. The van der Waals surface area contributed by atoms with Crippen molar-refractivity contribution in [1.29, 1.82) is 0 Å². The molecule has 0 fully saturated rings. The minimum absolute atomic E-state index is 0.0348. The van der Waals surface area contributed by atoms with Gasteiger partial charge in [0.1, 0.15) is 5.69 Å². The number of hydrogen-bond acceptors (Lipinski definition) is 3. The number of methoxy groups -OCH3 is 1. The fraction of sp³-hybridized carbons (Fsp3) is 0.158. The van der Waals surface area contributed by atoms with Crippen molar-refractivity contribution < 1.29 is 40.7 Å². The molecule has 5 nitrogen and oxygen atoms in total. The predicted octanol–water partition coefficient (Wildman–Crippen LogP) is 5.24. The molecule has 0 saturated carbocycles. The normalized spacial score (nSPS) is 12.1. The van der Waals surface area contributed by atoms with Gasteiger partial charge >= 0.3 is 18.3 Å². The molecule has 0 radical (unpaired) electrons. The number of amides is 1. The number of nitrogens with one attached hydrogen (secondary N) is 2. The van der Waals surface area contributed by atoms with Crippen LogP contribution in [-0.2, 0) is 17.1 Å². The smallest absolute Gasteiger partial charge is 0.416 e. The first-order chi connectivity index (χ1) is 13.9. The Balaban J connectivity index is 1.94. The van der Waals surface area contributed by atoms with E-state index in [0.717, 1.165) is 0 Å². The summed E-state index contributed by atoms with van der Waals surface area (Å²) in [6.45, 7) is 0. The zero-order valence-corrected chi connectivity index (χ0v) is 15.0. The van der Waals surface area contributed by atoms with Gasteiger partial charge in [0.25, 0.3) is 5.91 Å². The highest BCUT2D eigenvalue weighted by Gasteiger charge is 2.37. The van der Waals surface area contributed by atoms with Gasteiger partial charge in [-0.3, -0.25) is 4.79 Å². The van der Waals surface area contributed by atoms with Gasteiger partial charge < -0.3 is 15.0 Å². The summed E-state index contributed by atoms with van der Waals surface area (Å²) in [5.74, 6) is -1.58. The molecule has 158 valence electrons. The summed E-state index contributed by atoms with van der Waals surface area (Å²) in [5.41, 5.74) is -3.27. The van der Waals surface area contributed by atoms with E-state index in [0.29, 0.717) is 23.0 Å². The van der Waals surface area contributed by atoms with E-state index in [-0.39, 0.29) is 17.3 Å². The summed E-state index contributed by atoms with van der Waals surface area (Å²) in [6, 6.07) is 6.40. The molecule has 0 atom stereocenters. The molecule has 0 saturated heterocycles. The second-order valence-corrected chi connectivity index (χ2v) is 6.23. The Morgan fingerprint density at radius 3 is 2.03 bits per heavy atom. The van der Waals surface area contributed by atoms with Crippen LogP contribution in [0.3, 0.4) is 0 Å². The van der Waals surface area contributed by atoms with Crippen LogP contribution in [0.15, 0.2) is 42.5 Å². The van der Waals surface area contributed by atoms with E-state index >= 15 is 0 Å². The van der Waals surface area contributed by atoms with Crippen LogP contribution in [0.25, 0.3) is 10.9 Å². The Kier molecular flexibility index (Phi) is 5.23. The van der Waals surface area contributed by atoms with Gasteiger partial charge in [0, 0.05) is 16.6 Å². The van der Waals surface area contributed by atoms with Crippen molar-refractivity contribution in [2.75, 3.05) is 12.4 Å². The molecule has 2 aromatic carbocycles. The molecule has 2 N–H and O–H groups in total. The van der Waals surface area contributed by atoms with E-state index in [1.165, 1.54) is 31.4 Å². The third-order valence-electron chi connectivity index (χ3n) is 4.13. The summed E-state index contributed by atoms with van der Waals surface area (Å²) in [5, 5.41) is 2.45. The maximum atomic E-state index is 12.9. The first-order valence-electron chi connectivity index (χ1n) is 8.20. The number of H-pyrrole nitrogens is 1. The molecular weight excluding hydrogens is 418 g/mol. The van der Waals surface area contributed by atoms with Gasteiger partial charge in [-0.05, 0) is 42.5 Å². The van der Waals surface area contributed by atoms with E-state index in [1.807, 2.05) is 5.32 Å². The lowest BCUT2D eigenvalue weighted by atomic mass is 10.1.